The molecule has 0 unspecified atom stereocenters. The standard InChI is InChI=1S/C8H11BrN2O2/c1-4-5-6(9)7(8(12)13-3)10-11(5)2/h4H2,1-3H3. The first-order valence-corrected chi connectivity index (χ1v) is 4.70. The lowest BCUT2D eigenvalue weighted by Crippen LogP contribution is -2.03. The van der Waals surface area contributed by atoms with Gasteiger partial charge in [0.2, 0.25) is 0 Å². The predicted molar refractivity (Wildman–Crippen MR) is 51.6 cm³/mol. The van der Waals surface area contributed by atoms with E-state index < -0.39 is 5.97 Å². The third-order valence-corrected chi connectivity index (χ3v) is 2.65. The molecule has 0 fully saturated rings. The van der Waals surface area contributed by atoms with Crippen LogP contribution in [0.25, 0.3) is 0 Å². The van der Waals surface area contributed by atoms with E-state index in [2.05, 4.69) is 25.8 Å². The highest BCUT2D eigenvalue weighted by Gasteiger charge is 2.18. The summed E-state index contributed by atoms with van der Waals surface area (Å²) in [6, 6.07) is 0. The zero-order chi connectivity index (χ0) is 10.0. The number of aromatic nitrogens is 2. The number of nitrogens with zero attached hydrogens (tertiary/aromatic N) is 2. The zero-order valence-electron chi connectivity index (χ0n) is 7.80. The minimum Gasteiger partial charge on any atom is -0.464 e. The molecule has 1 rings (SSSR count). The van der Waals surface area contributed by atoms with Gasteiger partial charge in [0.15, 0.2) is 5.69 Å². The first-order chi connectivity index (χ1) is 6.11. The Morgan fingerprint density at radius 3 is 2.69 bits per heavy atom. The average Bonchev–Trinajstić information content (AvgIpc) is 2.40. The van der Waals surface area contributed by atoms with Crippen molar-refractivity contribution in [1.29, 1.82) is 0 Å². The molecule has 0 atom stereocenters. The van der Waals surface area contributed by atoms with E-state index in [9.17, 15) is 4.79 Å². The molecule has 1 heterocycles. The SMILES string of the molecule is CCc1c(Br)c(C(=O)OC)nn1C. The van der Waals surface area contributed by atoms with E-state index in [1.165, 1.54) is 7.11 Å². The molecule has 4 nitrogen and oxygen atoms in total. The van der Waals surface area contributed by atoms with E-state index in [1.807, 2.05) is 6.92 Å². The van der Waals surface area contributed by atoms with Gasteiger partial charge in [-0.2, -0.15) is 5.10 Å². The van der Waals surface area contributed by atoms with Crippen molar-refractivity contribution in [2.75, 3.05) is 7.11 Å². The molecule has 1 aromatic rings. The molecule has 0 bridgehead atoms. The van der Waals surface area contributed by atoms with Gasteiger partial charge < -0.3 is 4.74 Å². The smallest absolute Gasteiger partial charge is 0.359 e. The van der Waals surface area contributed by atoms with Gasteiger partial charge in [0.1, 0.15) is 0 Å². The molecule has 0 aliphatic carbocycles. The molecule has 13 heavy (non-hydrogen) atoms. The van der Waals surface area contributed by atoms with Gasteiger partial charge in [-0.05, 0) is 22.4 Å². The summed E-state index contributed by atoms with van der Waals surface area (Å²) in [5.41, 5.74) is 1.32. The van der Waals surface area contributed by atoms with Gasteiger partial charge in [0.05, 0.1) is 17.3 Å². The molecule has 0 saturated carbocycles. The normalized spacial score (nSPS) is 10.2. The largest absolute Gasteiger partial charge is 0.464 e. The lowest BCUT2D eigenvalue weighted by molar-refractivity contribution is 0.0592. The van der Waals surface area contributed by atoms with Crippen LogP contribution in [0.1, 0.15) is 23.1 Å². The molecule has 0 saturated heterocycles. The fourth-order valence-electron chi connectivity index (χ4n) is 1.14. The Morgan fingerprint density at radius 2 is 2.31 bits per heavy atom. The highest BCUT2D eigenvalue weighted by Crippen LogP contribution is 2.21. The molecule has 0 aliphatic heterocycles. The molecule has 5 heteroatoms. The minimum atomic E-state index is -0.415. The first kappa shape index (κ1) is 10.2. The Bertz CT molecular complexity index is 333. The van der Waals surface area contributed by atoms with Crippen molar-refractivity contribution >= 4 is 21.9 Å². The first-order valence-electron chi connectivity index (χ1n) is 3.91. The zero-order valence-corrected chi connectivity index (χ0v) is 9.38. The van der Waals surface area contributed by atoms with Crippen LogP contribution in [0.4, 0.5) is 0 Å². The maximum Gasteiger partial charge on any atom is 0.359 e. The van der Waals surface area contributed by atoms with Crippen molar-refractivity contribution in [2.24, 2.45) is 7.05 Å². The van der Waals surface area contributed by atoms with E-state index in [0.717, 1.165) is 16.6 Å². The fourth-order valence-corrected chi connectivity index (χ4v) is 1.92. The van der Waals surface area contributed by atoms with Crippen LogP contribution >= 0.6 is 15.9 Å². The number of hydrogen-bond acceptors (Lipinski definition) is 3. The summed E-state index contributed by atoms with van der Waals surface area (Å²) in [6.45, 7) is 2.00. The maximum atomic E-state index is 11.2. The van der Waals surface area contributed by atoms with Gasteiger partial charge in [-0.25, -0.2) is 4.79 Å². The van der Waals surface area contributed by atoms with Crippen LogP contribution in [0.5, 0.6) is 0 Å². The van der Waals surface area contributed by atoms with Gasteiger partial charge >= 0.3 is 5.97 Å². The number of halogens is 1. The van der Waals surface area contributed by atoms with Crippen LogP contribution in [0.15, 0.2) is 4.47 Å². The molecule has 1 aromatic heterocycles. The van der Waals surface area contributed by atoms with Crippen molar-refractivity contribution in [2.45, 2.75) is 13.3 Å². The average molecular weight is 247 g/mol. The second-order valence-electron chi connectivity index (χ2n) is 2.58. The van der Waals surface area contributed by atoms with E-state index >= 15 is 0 Å². The minimum absolute atomic E-state index is 0.335. The Balaban J connectivity index is 3.18. The fraction of sp³-hybridized carbons (Fsp3) is 0.500. The number of rotatable bonds is 2. The number of ether oxygens (including phenoxy) is 1. The Hall–Kier alpha value is -0.840. The molecule has 0 aromatic carbocycles. The van der Waals surface area contributed by atoms with Crippen LogP contribution in [-0.2, 0) is 18.2 Å². The Kier molecular flexibility index (Phi) is 3.08. The van der Waals surface area contributed by atoms with E-state index in [4.69, 9.17) is 0 Å². The lowest BCUT2D eigenvalue weighted by Gasteiger charge is -1.95. The van der Waals surface area contributed by atoms with Crippen molar-refractivity contribution in [3.8, 4) is 0 Å². The lowest BCUT2D eigenvalue weighted by atomic mass is 10.3. The van der Waals surface area contributed by atoms with Gasteiger partial charge in [0, 0.05) is 7.05 Å². The number of aryl methyl sites for hydroxylation is 1. The van der Waals surface area contributed by atoms with Gasteiger partial charge in [-0.3, -0.25) is 4.68 Å². The van der Waals surface area contributed by atoms with Gasteiger partial charge in [-0.1, -0.05) is 6.92 Å². The van der Waals surface area contributed by atoms with Crippen LogP contribution in [-0.4, -0.2) is 22.9 Å². The third kappa shape index (κ3) is 1.75. The van der Waals surface area contributed by atoms with Gasteiger partial charge in [0.25, 0.3) is 0 Å². The highest BCUT2D eigenvalue weighted by molar-refractivity contribution is 9.10. The molecule has 0 aliphatic rings. The molecular weight excluding hydrogens is 236 g/mol. The van der Waals surface area contributed by atoms with Crippen LogP contribution in [0.3, 0.4) is 0 Å². The Labute approximate surface area is 85.0 Å². The molecule has 0 N–H and O–H groups in total. The van der Waals surface area contributed by atoms with E-state index in [1.54, 1.807) is 11.7 Å². The van der Waals surface area contributed by atoms with Crippen LogP contribution < -0.4 is 0 Å². The number of hydrogen-bond donors (Lipinski definition) is 0. The molecule has 72 valence electrons. The summed E-state index contributed by atoms with van der Waals surface area (Å²) in [5.74, 6) is -0.415. The van der Waals surface area contributed by atoms with Crippen molar-refractivity contribution in [1.82, 2.24) is 9.78 Å². The highest BCUT2D eigenvalue weighted by atomic mass is 79.9. The van der Waals surface area contributed by atoms with Crippen molar-refractivity contribution in [3.05, 3.63) is 15.9 Å². The van der Waals surface area contributed by atoms with E-state index in [0.29, 0.717) is 5.69 Å². The summed E-state index contributed by atoms with van der Waals surface area (Å²) >= 11 is 3.32. The number of methoxy groups -OCH3 is 1. The number of esters is 1. The second kappa shape index (κ2) is 3.91. The van der Waals surface area contributed by atoms with Crippen LogP contribution in [0.2, 0.25) is 0 Å². The Morgan fingerprint density at radius 1 is 1.69 bits per heavy atom. The monoisotopic (exact) mass is 246 g/mol. The van der Waals surface area contributed by atoms with E-state index in [-0.39, 0.29) is 0 Å². The summed E-state index contributed by atoms with van der Waals surface area (Å²) in [6.07, 6.45) is 0.821. The summed E-state index contributed by atoms with van der Waals surface area (Å²) in [5, 5.41) is 4.05. The summed E-state index contributed by atoms with van der Waals surface area (Å²) < 4.78 is 6.99. The predicted octanol–water partition coefficient (Wildman–Crippen LogP) is 1.53. The molecule has 0 radical (unpaired) electrons. The molecular formula is C8H11BrN2O2. The molecule has 0 amide bonds. The van der Waals surface area contributed by atoms with Crippen molar-refractivity contribution < 1.29 is 9.53 Å². The third-order valence-electron chi connectivity index (χ3n) is 1.82. The number of carbonyl (C=O) groups excluding carboxylic acids is 1. The van der Waals surface area contributed by atoms with Crippen molar-refractivity contribution in [3.63, 3.8) is 0 Å². The van der Waals surface area contributed by atoms with Crippen LogP contribution in [0, 0.1) is 0 Å². The summed E-state index contributed by atoms with van der Waals surface area (Å²) in [7, 11) is 3.14. The molecule has 0 spiro atoms. The van der Waals surface area contributed by atoms with Gasteiger partial charge in [-0.15, -0.1) is 0 Å². The quantitative estimate of drug-likeness (QED) is 0.744. The maximum absolute atomic E-state index is 11.2. The summed E-state index contributed by atoms with van der Waals surface area (Å²) in [4.78, 5) is 11.2. The second-order valence-corrected chi connectivity index (χ2v) is 3.37. The number of carbonyl (C=O) groups is 1. The topological polar surface area (TPSA) is 44.1 Å².